The minimum absolute atomic E-state index is 0.242. The van der Waals surface area contributed by atoms with Crippen molar-refractivity contribution >= 4 is 6.21 Å². The molecule has 32 heavy (non-hydrogen) atoms. The van der Waals surface area contributed by atoms with E-state index in [0.717, 1.165) is 40.2 Å². The van der Waals surface area contributed by atoms with Crippen LogP contribution in [0, 0.1) is 12.8 Å². The smallest absolute Gasteiger partial charge is 0.129 e. The number of hydrogen-bond donors (Lipinski definition) is 1. The molecule has 2 heteroatoms. The highest BCUT2D eigenvalue weighted by Crippen LogP contribution is 2.44. The molecule has 3 aromatic carbocycles. The lowest BCUT2D eigenvalue weighted by Gasteiger charge is -2.33. The Bertz CT molecular complexity index is 982. The fraction of sp³-hybridized carbons (Fsp3) is 0.367. The monoisotopic (exact) mass is 427 g/mol. The Morgan fingerprint density at radius 3 is 1.94 bits per heavy atom. The van der Waals surface area contributed by atoms with Crippen molar-refractivity contribution < 1.29 is 5.11 Å². The Hall–Kier alpha value is -2.87. The molecule has 0 aromatic heterocycles. The maximum absolute atomic E-state index is 11.5. The Kier molecular flexibility index (Phi) is 7.90. The van der Waals surface area contributed by atoms with Gasteiger partial charge in [-0.2, -0.15) is 0 Å². The van der Waals surface area contributed by atoms with Crippen molar-refractivity contribution in [3.05, 3.63) is 101 Å². The quantitative estimate of drug-likeness (QED) is 0.275. The van der Waals surface area contributed by atoms with Gasteiger partial charge in [0, 0.05) is 28.8 Å². The third-order valence-electron chi connectivity index (χ3n) is 6.54. The number of aromatic hydroxyl groups is 1. The van der Waals surface area contributed by atoms with Gasteiger partial charge in [-0.05, 0) is 49.8 Å². The average Bonchev–Trinajstić information content (AvgIpc) is 2.79. The fourth-order valence-electron chi connectivity index (χ4n) is 4.39. The van der Waals surface area contributed by atoms with Crippen LogP contribution in [0.25, 0.3) is 0 Å². The third-order valence-corrected chi connectivity index (χ3v) is 6.54. The van der Waals surface area contributed by atoms with Crippen LogP contribution in [0.15, 0.2) is 77.8 Å². The molecule has 0 saturated heterocycles. The second-order valence-corrected chi connectivity index (χ2v) is 9.50. The molecule has 1 unspecified atom stereocenters. The number of hydrogen-bond acceptors (Lipinski definition) is 2. The average molecular weight is 428 g/mol. The van der Waals surface area contributed by atoms with E-state index < -0.39 is 5.41 Å². The molecular weight excluding hydrogens is 390 g/mol. The molecule has 0 amide bonds. The van der Waals surface area contributed by atoms with E-state index in [1.165, 1.54) is 12.8 Å². The summed E-state index contributed by atoms with van der Waals surface area (Å²) < 4.78 is 0. The largest absolute Gasteiger partial charge is 0.507 e. The van der Waals surface area contributed by atoms with E-state index in [2.05, 4.69) is 88.4 Å². The van der Waals surface area contributed by atoms with Gasteiger partial charge in [-0.25, -0.2) is 0 Å². The standard InChI is InChI=1S/C30H37NO/c1-22(2)13-12-14-24(4)31-21-27-23(3)19-20-28(29(27)32)30(5,25-15-8-6-9-16-25)26-17-10-7-11-18-26/h6-11,15-22,24,32H,12-14H2,1-5H3. The van der Waals surface area contributed by atoms with Crippen LogP contribution in [-0.2, 0) is 5.41 Å². The molecule has 168 valence electrons. The molecule has 0 heterocycles. The molecular formula is C30H37NO. The van der Waals surface area contributed by atoms with Gasteiger partial charge in [0.1, 0.15) is 5.75 Å². The SMILES string of the molecule is Cc1ccc(C(C)(c2ccccc2)c2ccccc2)c(O)c1C=NC(C)CCCC(C)C. The molecule has 1 atom stereocenters. The van der Waals surface area contributed by atoms with Gasteiger partial charge in [0.2, 0.25) is 0 Å². The van der Waals surface area contributed by atoms with E-state index in [1.807, 2.05) is 25.3 Å². The van der Waals surface area contributed by atoms with E-state index in [0.29, 0.717) is 5.75 Å². The first-order valence-electron chi connectivity index (χ1n) is 11.8. The summed E-state index contributed by atoms with van der Waals surface area (Å²) in [7, 11) is 0. The molecule has 0 bridgehead atoms. The highest BCUT2D eigenvalue weighted by Gasteiger charge is 2.34. The summed E-state index contributed by atoms with van der Waals surface area (Å²) in [6.45, 7) is 10.9. The minimum atomic E-state index is -0.480. The van der Waals surface area contributed by atoms with Gasteiger partial charge in [0.15, 0.2) is 0 Å². The van der Waals surface area contributed by atoms with Crippen LogP contribution in [0.3, 0.4) is 0 Å². The predicted molar refractivity (Wildman–Crippen MR) is 137 cm³/mol. The number of aliphatic imine (C=N–C) groups is 1. The second-order valence-electron chi connectivity index (χ2n) is 9.50. The van der Waals surface area contributed by atoms with Crippen LogP contribution in [0.2, 0.25) is 0 Å². The number of benzene rings is 3. The number of rotatable bonds is 9. The zero-order chi connectivity index (χ0) is 23.1. The van der Waals surface area contributed by atoms with E-state index in [1.54, 1.807) is 0 Å². The first kappa shape index (κ1) is 23.8. The third kappa shape index (κ3) is 5.30. The zero-order valence-electron chi connectivity index (χ0n) is 20.2. The first-order chi connectivity index (χ1) is 15.3. The predicted octanol–water partition coefficient (Wildman–Crippen LogP) is 7.69. The molecule has 0 saturated carbocycles. The van der Waals surface area contributed by atoms with E-state index in [-0.39, 0.29) is 6.04 Å². The number of phenols is 1. The van der Waals surface area contributed by atoms with Crippen LogP contribution in [0.5, 0.6) is 5.75 Å². The normalized spacial score (nSPS) is 13.1. The zero-order valence-corrected chi connectivity index (χ0v) is 20.2. The highest BCUT2D eigenvalue weighted by molar-refractivity contribution is 5.87. The minimum Gasteiger partial charge on any atom is -0.507 e. The van der Waals surface area contributed by atoms with Crippen LogP contribution in [-0.4, -0.2) is 17.4 Å². The molecule has 3 rings (SSSR count). The van der Waals surface area contributed by atoms with E-state index in [4.69, 9.17) is 4.99 Å². The molecule has 0 fully saturated rings. The van der Waals surface area contributed by atoms with Gasteiger partial charge < -0.3 is 5.11 Å². The summed E-state index contributed by atoms with van der Waals surface area (Å²) >= 11 is 0. The van der Waals surface area contributed by atoms with Gasteiger partial charge in [0.05, 0.1) is 0 Å². The van der Waals surface area contributed by atoms with Crippen molar-refractivity contribution in [3.63, 3.8) is 0 Å². The lowest BCUT2D eigenvalue weighted by molar-refractivity contribution is 0.456. The lowest BCUT2D eigenvalue weighted by Crippen LogP contribution is -2.26. The lowest BCUT2D eigenvalue weighted by atomic mass is 9.70. The number of nitrogens with zero attached hydrogens (tertiary/aromatic N) is 1. The van der Waals surface area contributed by atoms with Gasteiger partial charge in [-0.1, -0.05) is 99.5 Å². The molecule has 0 radical (unpaired) electrons. The Morgan fingerprint density at radius 2 is 1.41 bits per heavy atom. The van der Waals surface area contributed by atoms with Crippen LogP contribution < -0.4 is 0 Å². The van der Waals surface area contributed by atoms with E-state index in [9.17, 15) is 5.11 Å². The van der Waals surface area contributed by atoms with Crippen LogP contribution >= 0.6 is 0 Å². The summed E-state index contributed by atoms with van der Waals surface area (Å²) in [5.41, 5.74) is 4.57. The van der Waals surface area contributed by atoms with Crippen LogP contribution in [0.4, 0.5) is 0 Å². The Balaban J connectivity index is 2.02. The molecule has 0 spiro atoms. The van der Waals surface area contributed by atoms with Gasteiger partial charge in [0.25, 0.3) is 0 Å². The number of phenolic OH excluding ortho intramolecular Hbond substituents is 1. The van der Waals surface area contributed by atoms with Crippen LogP contribution in [0.1, 0.15) is 74.8 Å². The highest BCUT2D eigenvalue weighted by atomic mass is 16.3. The summed E-state index contributed by atoms with van der Waals surface area (Å²) in [5, 5.41) is 11.5. The maximum Gasteiger partial charge on any atom is 0.129 e. The first-order valence-corrected chi connectivity index (χ1v) is 11.8. The van der Waals surface area contributed by atoms with Crippen molar-refractivity contribution in [1.29, 1.82) is 0 Å². The summed E-state index contributed by atoms with van der Waals surface area (Å²) in [6, 6.07) is 25.2. The Morgan fingerprint density at radius 1 is 0.844 bits per heavy atom. The summed E-state index contributed by atoms with van der Waals surface area (Å²) in [6.07, 6.45) is 5.36. The molecule has 2 nitrogen and oxygen atoms in total. The summed E-state index contributed by atoms with van der Waals surface area (Å²) in [4.78, 5) is 4.80. The fourth-order valence-corrected chi connectivity index (χ4v) is 4.39. The summed E-state index contributed by atoms with van der Waals surface area (Å²) in [5.74, 6) is 1.04. The molecule has 0 aliphatic carbocycles. The number of aryl methyl sites for hydroxylation is 1. The van der Waals surface area contributed by atoms with Crippen molar-refractivity contribution in [2.24, 2.45) is 10.9 Å². The Labute approximate surface area is 194 Å². The van der Waals surface area contributed by atoms with Gasteiger partial charge >= 0.3 is 0 Å². The molecule has 0 aliphatic heterocycles. The van der Waals surface area contributed by atoms with Crippen molar-refractivity contribution in [3.8, 4) is 5.75 Å². The van der Waals surface area contributed by atoms with Crippen molar-refractivity contribution in [2.75, 3.05) is 0 Å². The maximum atomic E-state index is 11.5. The topological polar surface area (TPSA) is 32.6 Å². The van der Waals surface area contributed by atoms with Crippen molar-refractivity contribution in [1.82, 2.24) is 0 Å². The van der Waals surface area contributed by atoms with Gasteiger partial charge in [-0.15, -0.1) is 0 Å². The van der Waals surface area contributed by atoms with Gasteiger partial charge in [-0.3, -0.25) is 4.99 Å². The van der Waals surface area contributed by atoms with Crippen molar-refractivity contribution in [2.45, 2.75) is 65.3 Å². The van der Waals surface area contributed by atoms with E-state index >= 15 is 0 Å². The molecule has 0 aliphatic rings. The molecule has 3 aromatic rings. The second kappa shape index (κ2) is 10.6. The molecule has 1 N–H and O–H groups in total.